The molecule has 0 saturated carbocycles. The average molecular weight is 258 g/mol. The van der Waals surface area contributed by atoms with E-state index in [1.54, 1.807) is 0 Å². The van der Waals surface area contributed by atoms with Crippen molar-refractivity contribution < 1.29 is 9.47 Å². The molecule has 4 nitrogen and oxygen atoms in total. The van der Waals surface area contributed by atoms with Crippen molar-refractivity contribution in [1.82, 2.24) is 4.90 Å². The topological polar surface area (TPSA) is 45.5 Å². The highest BCUT2D eigenvalue weighted by atomic mass is 16.7. The number of nitriles is 1. The molecule has 0 radical (unpaired) electrons. The first-order chi connectivity index (χ1) is 9.31. The maximum Gasteiger partial charge on any atom is 0.181 e. The van der Waals surface area contributed by atoms with Gasteiger partial charge >= 0.3 is 0 Å². The van der Waals surface area contributed by atoms with E-state index in [1.807, 2.05) is 18.2 Å². The van der Waals surface area contributed by atoms with Crippen molar-refractivity contribution >= 4 is 0 Å². The lowest BCUT2D eigenvalue weighted by molar-refractivity contribution is -0.195. The van der Waals surface area contributed by atoms with Crippen LogP contribution in [0.25, 0.3) is 0 Å². The quantitative estimate of drug-likeness (QED) is 0.813. The van der Waals surface area contributed by atoms with Crippen LogP contribution in [-0.4, -0.2) is 36.5 Å². The number of hydrogen-bond acceptors (Lipinski definition) is 4. The minimum Gasteiger partial charge on any atom is -0.346 e. The standard InChI is InChI=1S/C15H18N2O2/c16-10-14-6-7-15(18-8-9-19-15)12-17(14)11-13-4-2-1-3-5-13/h1-5,14H,6-9,11-12H2. The zero-order chi connectivity index (χ0) is 13.1. The van der Waals surface area contributed by atoms with Crippen LogP contribution in [0.3, 0.4) is 0 Å². The van der Waals surface area contributed by atoms with E-state index in [0.717, 1.165) is 19.4 Å². The Hall–Kier alpha value is -1.41. The average Bonchev–Trinajstić information content (AvgIpc) is 2.88. The van der Waals surface area contributed by atoms with Gasteiger partial charge in [-0.25, -0.2) is 0 Å². The molecule has 1 aromatic rings. The molecule has 1 aromatic carbocycles. The van der Waals surface area contributed by atoms with E-state index in [9.17, 15) is 5.26 Å². The minimum atomic E-state index is -0.470. The number of ether oxygens (including phenoxy) is 2. The second-order valence-electron chi connectivity index (χ2n) is 5.18. The van der Waals surface area contributed by atoms with Crippen molar-refractivity contribution in [2.24, 2.45) is 0 Å². The lowest BCUT2D eigenvalue weighted by atomic mass is 9.97. The van der Waals surface area contributed by atoms with Crippen molar-refractivity contribution in [2.75, 3.05) is 19.8 Å². The summed E-state index contributed by atoms with van der Waals surface area (Å²) in [5, 5.41) is 9.30. The molecule has 0 amide bonds. The van der Waals surface area contributed by atoms with Gasteiger partial charge in [-0.15, -0.1) is 0 Å². The molecule has 2 fully saturated rings. The summed E-state index contributed by atoms with van der Waals surface area (Å²) in [6, 6.07) is 12.6. The van der Waals surface area contributed by atoms with E-state index in [4.69, 9.17) is 9.47 Å². The number of hydrogen-bond donors (Lipinski definition) is 0. The molecule has 2 aliphatic rings. The number of rotatable bonds is 2. The second-order valence-corrected chi connectivity index (χ2v) is 5.18. The zero-order valence-corrected chi connectivity index (χ0v) is 10.9. The first-order valence-corrected chi connectivity index (χ1v) is 6.77. The van der Waals surface area contributed by atoms with Gasteiger partial charge in [-0.2, -0.15) is 5.26 Å². The molecule has 2 heterocycles. The molecule has 100 valence electrons. The summed E-state index contributed by atoms with van der Waals surface area (Å²) in [4.78, 5) is 2.17. The molecule has 3 rings (SSSR count). The molecule has 0 aromatic heterocycles. The first kappa shape index (κ1) is 12.6. The summed E-state index contributed by atoms with van der Waals surface area (Å²) in [5.41, 5.74) is 1.22. The van der Waals surface area contributed by atoms with E-state index in [1.165, 1.54) is 5.56 Å². The van der Waals surface area contributed by atoms with Crippen LogP contribution in [0.4, 0.5) is 0 Å². The third kappa shape index (κ3) is 2.64. The minimum absolute atomic E-state index is 0.0429. The van der Waals surface area contributed by atoms with Gasteiger partial charge in [0, 0.05) is 13.0 Å². The molecular weight excluding hydrogens is 240 g/mol. The first-order valence-electron chi connectivity index (χ1n) is 6.77. The molecule has 0 bridgehead atoms. The third-order valence-corrected chi connectivity index (χ3v) is 3.87. The van der Waals surface area contributed by atoms with Crippen LogP contribution in [-0.2, 0) is 16.0 Å². The van der Waals surface area contributed by atoms with Gasteiger partial charge in [0.2, 0.25) is 0 Å². The molecule has 4 heteroatoms. The van der Waals surface area contributed by atoms with Gasteiger partial charge in [0.1, 0.15) is 0 Å². The highest BCUT2D eigenvalue weighted by Crippen LogP contribution is 2.33. The lowest BCUT2D eigenvalue weighted by Gasteiger charge is -2.41. The van der Waals surface area contributed by atoms with E-state index >= 15 is 0 Å². The summed E-state index contributed by atoms with van der Waals surface area (Å²) in [6.45, 7) is 2.78. The lowest BCUT2D eigenvalue weighted by Crippen LogP contribution is -2.52. The summed E-state index contributed by atoms with van der Waals surface area (Å²) in [5.74, 6) is -0.470. The van der Waals surface area contributed by atoms with Gasteiger partial charge in [-0.05, 0) is 12.0 Å². The summed E-state index contributed by atoms with van der Waals surface area (Å²) in [6.07, 6.45) is 1.62. The normalized spacial score (nSPS) is 26.4. The Morgan fingerprint density at radius 1 is 1.26 bits per heavy atom. The molecular formula is C15H18N2O2. The highest BCUT2D eigenvalue weighted by Gasteiger charge is 2.44. The van der Waals surface area contributed by atoms with E-state index in [-0.39, 0.29) is 6.04 Å². The Labute approximate surface area is 113 Å². The van der Waals surface area contributed by atoms with Crippen molar-refractivity contribution in [2.45, 2.75) is 31.2 Å². The predicted octanol–water partition coefficient (Wildman–Crippen LogP) is 1.92. The van der Waals surface area contributed by atoms with Gasteiger partial charge in [0.25, 0.3) is 0 Å². The van der Waals surface area contributed by atoms with Gasteiger partial charge in [0.05, 0.1) is 31.9 Å². The molecule has 0 aliphatic carbocycles. The van der Waals surface area contributed by atoms with Crippen LogP contribution in [0, 0.1) is 11.3 Å². The largest absolute Gasteiger partial charge is 0.346 e. The van der Waals surface area contributed by atoms with E-state index in [0.29, 0.717) is 19.8 Å². The molecule has 0 N–H and O–H groups in total. The number of benzene rings is 1. The molecule has 1 spiro atoms. The maximum atomic E-state index is 9.30. The smallest absolute Gasteiger partial charge is 0.181 e. The Bertz CT molecular complexity index is 463. The number of piperidine rings is 1. The van der Waals surface area contributed by atoms with Crippen LogP contribution >= 0.6 is 0 Å². The van der Waals surface area contributed by atoms with Crippen LogP contribution in [0.5, 0.6) is 0 Å². The fourth-order valence-electron chi connectivity index (χ4n) is 2.90. The Kier molecular flexibility index (Phi) is 3.52. The zero-order valence-electron chi connectivity index (χ0n) is 10.9. The van der Waals surface area contributed by atoms with Gasteiger partial charge < -0.3 is 9.47 Å². The van der Waals surface area contributed by atoms with Gasteiger partial charge in [0.15, 0.2) is 5.79 Å². The van der Waals surface area contributed by atoms with Gasteiger partial charge in [-0.1, -0.05) is 30.3 Å². The Morgan fingerprint density at radius 3 is 2.68 bits per heavy atom. The van der Waals surface area contributed by atoms with Crippen molar-refractivity contribution in [3.63, 3.8) is 0 Å². The van der Waals surface area contributed by atoms with Crippen molar-refractivity contribution in [3.8, 4) is 6.07 Å². The molecule has 19 heavy (non-hydrogen) atoms. The van der Waals surface area contributed by atoms with E-state index in [2.05, 4.69) is 23.1 Å². The van der Waals surface area contributed by atoms with Crippen molar-refractivity contribution in [1.29, 1.82) is 5.26 Å². The monoisotopic (exact) mass is 258 g/mol. The summed E-state index contributed by atoms with van der Waals surface area (Å²) in [7, 11) is 0. The molecule has 1 unspecified atom stereocenters. The molecule has 1 atom stereocenters. The molecule has 2 saturated heterocycles. The third-order valence-electron chi connectivity index (χ3n) is 3.87. The fourth-order valence-corrected chi connectivity index (χ4v) is 2.90. The van der Waals surface area contributed by atoms with Crippen LogP contribution in [0.1, 0.15) is 18.4 Å². The maximum absolute atomic E-state index is 9.30. The predicted molar refractivity (Wildman–Crippen MR) is 70.1 cm³/mol. The van der Waals surface area contributed by atoms with Crippen LogP contribution in [0.15, 0.2) is 30.3 Å². The highest BCUT2D eigenvalue weighted by molar-refractivity contribution is 5.15. The SMILES string of the molecule is N#CC1CCC2(CN1Cc1ccccc1)OCCO2. The number of nitrogens with zero attached hydrogens (tertiary/aromatic N) is 2. The van der Waals surface area contributed by atoms with Gasteiger partial charge in [-0.3, -0.25) is 4.90 Å². The molecule has 2 aliphatic heterocycles. The van der Waals surface area contributed by atoms with Crippen molar-refractivity contribution in [3.05, 3.63) is 35.9 Å². The van der Waals surface area contributed by atoms with E-state index < -0.39 is 5.79 Å². The number of likely N-dealkylation sites (tertiary alicyclic amines) is 1. The van der Waals surface area contributed by atoms with Crippen LogP contribution < -0.4 is 0 Å². The Morgan fingerprint density at radius 2 is 2.00 bits per heavy atom. The van der Waals surface area contributed by atoms with Crippen LogP contribution in [0.2, 0.25) is 0 Å². The second kappa shape index (κ2) is 5.30. The summed E-state index contributed by atoms with van der Waals surface area (Å²) < 4.78 is 11.5. The summed E-state index contributed by atoms with van der Waals surface area (Å²) >= 11 is 0. The fraction of sp³-hybridized carbons (Fsp3) is 0.533. The Balaban J connectivity index is 1.74.